The van der Waals surface area contributed by atoms with Crippen molar-refractivity contribution in [3.05, 3.63) is 34.9 Å². The van der Waals surface area contributed by atoms with Gasteiger partial charge in [0.2, 0.25) is 11.8 Å². The Kier molecular flexibility index (Phi) is 6.46. The van der Waals surface area contributed by atoms with Crippen LogP contribution in [0.1, 0.15) is 32.1 Å². The number of carbonyl (C=O) groups is 2. The Morgan fingerprint density at radius 1 is 1.28 bits per heavy atom. The van der Waals surface area contributed by atoms with Crippen molar-refractivity contribution < 1.29 is 14.3 Å². The Labute approximate surface area is 174 Å². The maximum atomic E-state index is 12.6. The van der Waals surface area contributed by atoms with E-state index in [4.69, 9.17) is 4.74 Å². The van der Waals surface area contributed by atoms with Crippen LogP contribution in [-0.4, -0.2) is 24.7 Å². The van der Waals surface area contributed by atoms with Crippen LogP contribution >= 0.6 is 11.8 Å². The Morgan fingerprint density at radius 2 is 1.97 bits per heavy atom. The highest BCUT2D eigenvalue weighted by Crippen LogP contribution is 2.51. The van der Waals surface area contributed by atoms with Crippen LogP contribution in [0.2, 0.25) is 0 Å². The van der Waals surface area contributed by atoms with Gasteiger partial charge in [-0.3, -0.25) is 9.59 Å². The zero-order chi connectivity index (χ0) is 20.9. The number of methoxy groups -OCH3 is 1. The van der Waals surface area contributed by atoms with Crippen molar-refractivity contribution in [3.63, 3.8) is 0 Å². The molecule has 1 atom stereocenters. The molecule has 1 spiro atoms. The number of amides is 2. The summed E-state index contributed by atoms with van der Waals surface area (Å²) in [6.45, 7) is 0. The summed E-state index contributed by atoms with van der Waals surface area (Å²) in [6, 6.07) is 11.3. The summed E-state index contributed by atoms with van der Waals surface area (Å²) in [5, 5.41) is 25.3. The predicted octanol–water partition coefficient (Wildman–Crippen LogP) is 3.32. The van der Waals surface area contributed by atoms with Crippen LogP contribution in [0.5, 0.6) is 5.75 Å². The fourth-order valence-electron chi connectivity index (χ4n) is 4.05. The highest BCUT2D eigenvalue weighted by atomic mass is 32.2. The van der Waals surface area contributed by atoms with Crippen molar-refractivity contribution in [2.24, 2.45) is 11.3 Å². The van der Waals surface area contributed by atoms with Gasteiger partial charge in [0.05, 0.1) is 35.6 Å². The molecule has 3 rings (SSSR count). The lowest BCUT2D eigenvalue weighted by Gasteiger charge is -2.43. The van der Waals surface area contributed by atoms with Crippen molar-refractivity contribution in [1.29, 1.82) is 10.5 Å². The Balaban J connectivity index is 1.75. The van der Waals surface area contributed by atoms with Gasteiger partial charge in [0.1, 0.15) is 11.7 Å². The van der Waals surface area contributed by atoms with E-state index in [1.54, 1.807) is 31.4 Å². The van der Waals surface area contributed by atoms with Gasteiger partial charge in [-0.1, -0.05) is 31.0 Å². The topological polar surface area (TPSA) is 115 Å². The molecule has 0 radical (unpaired) electrons. The second kappa shape index (κ2) is 9.02. The summed E-state index contributed by atoms with van der Waals surface area (Å²) in [4.78, 5) is 24.9. The number of allylic oxidation sites excluding steroid dienone is 1. The second-order valence-electron chi connectivity index (χ2n) is 7.15. The van der Waals surface area contributed by atoms with Crippen molar-refractivity contribution in [2.45, 2.75) is 32.1 Å². The van der Waals surface area contributed by atoms with Crippen LogP contribution in [0.3, 0.4) is 0 Å². The summed E-state index contributed by atoms with van der Waals surface area (Å²) in [5.74, 6) is -0.767. The largest absolute Gasteiger partial charge is 0.497 e. The molecule has 1 aromatic rings. The molecule has 1 unspecified atom stereocenters. The lowest BCUT2D eigenvalue weighted by atomic mass is 9.61. The summed E-state index contributed by atoms with van der Waals surface area (Å²) < 4.78 is 5.09. The third kappa shape index (κ3) is 4.23. The van der Waals surface area contributed by atoms with Crippen LogP contribution in [0.25, 0.3) is 0 Å². The molecule has 0 bridgehead atoms. The van der Waals surface area contributed by atoms with Crippen LogP contribution in [0, 0.1) is 34.0 Å². The van der Waals surface area contributed by atoms with Gasteiger partial charge in [0.15, 0.2) is 0 Å². The van der Waals surface area contributed by atoms with Crippen LogP contribution < -0.4 is 15.4 Å². The summed E-state index contributed by atoms with van der Waals surface area (Å²) >= 11 is 1.13. The number of carbonyl (C=O) groups excluding carboxylic acids is 2. The number of anilines is 1. The molecule has 0 saturated heterocycles. The number of hydrogen-bond acceptors (Lipinski definition) is 6. The van der Waals surface area contributed by atoms with Crippen molar-refractivity contribution >= 4 is 29.3 Å². The monoisotopic (exact) mass is 410 g/mol. The fourth-order valence-corrected chi connectivity index (χ4v) is 4.96. The molecule has 1 aliphatic heterocycles. The van der Waals surface area contributed by atoms with Gasteiger partial charge in [0.25, 0.3) is 0 Å². The summed E-state index contributed by atoms with van der Waals surface area (Å²) in [5.41, 5.74) is 0.330. The Morgan fingerprint density at radius 3 is 2.55 bits per heavy atom. The van der Waals surface area contributed by atoms with E-state index in [2.05, 4.69) is 22.8 Å². The first-order chi connectivity index (χ1) is 14.0. The molecule has 29 heavy (non-hydrogen) atoms. The van der Waals surface area contributed by atoms with Crippen LogP contribution in [0.15, 0.2) is 34.9 Å². The number of nitrogens with zero attached hydrogens (tertiary/aromatic N) is 2. The molecular weight excluding hydrogens is 388 g/mol. The third-order valence-electron chi connectivity index (χ3n) is 5.48. The molecule has 7 nitrogen and oxygen atoms in total. The Bertz CT molecular complexity index is 905. The minimum atomic E-state index is -0.866. The van der Waals surface area contributed by atoms with Crippen LogP contribution in [0.4, 0.5) is 5.69 Å². The zero-order valence-corrected chi connectivity index (χ0v) is 17.0. The lowest BCUT2D eigenvalue weighted by molar-refractivity contribution is -0.126. The van der Waals surface area contributed by atoms with Crippen LogP contribution in [-0.2, 0) is 9.59 Å². The van der Waals surface area contributed by atoms with Crippen molar-refractivity contribution in [1.82, 2.24) is 5.32 Å². The standard InChI is InChI=1S/C21H22N4O3S/c1-28-15-7-5-14(6-8-15)24-18(26)13-29-20-17(12-23)21(9-3-2-4-10-21)16(11-22)19(27)25-20/h5-8,16H,2-4,9-10,13H2,1H3,(H,24,26)(H,25,27). The first-order valence-corrected chi connectivity index (χ1v) is 10.4. The SMILES string of the molecule is COc1ccc(NC(=O)CSC2=C(C#N)C3(CCCCC3)C(C#N)C(=O)N2)cc1. The minimum absolute atomic E-state index is 0.0418. The van der Waals surface area contributed by atoms with E-state index >= 15 is 0 Å². The molecule has 1 fully saturated rings. The molecule has 1 heterocycles. The number of hydrogen-bond donors (Lipinski definition) is 2. The number of nitriles is 2. The molecule has 1 aromatic carbocycles. The molecule has 150 valence electrons. The van der Waals surface area contributed by atoms with Gasteiger partial charge in [-0.25, -0.2) is 0 Å². The van der Waals surface area contributed by atoms with E-state index in [1.165, 1.54) is 0 Å². The van der Waals surface area contributed by atoms with Gasteiger partial charge in [0, 0.05) is 11.1 Å². The van der Waals surface area contributed by atoms with E-state index in [0.717, 1.165) is 31.0 Å². The summed E-state index contributed by atoms with van der Waals surface area (Å²) in [7, 11) is 1.57. The van der Waals surface area contributed by atoms with E-state index in [1.807, 2.05) is 0 Å². The second-order valence-corrected chi connectivity index (χ2v) is 8.14. The van der Waals surface area contributed by atoms with Crippen molar-refractivity contribution in [3.8, 4) is 17.9 Å². The van der Waals surface area contributed by atoms with Gasteiger partial charge >= 0.3 is 0 Å². The van der Waals surface area contributed by atoms with E-state index in [-0.39, 0.29) is 17.6 Å². The number of thioether (sulfide) groups is 1. The van der Waals surface area contributed by atoms with Gasteiger partial charge in [-0.2, -0.15) is 10.5 Å². The Hall–Kier alpha value is -2.97. The van der Waals surface area contributed by atoms with Gasteiger partial charge in [-0.05, 0) is 37.1 Å². The molecule has 0 aromatic heterocycles. The maximum Gasteiger partial charge on any atom is 0.243 e. The van der Waals surface area contributed by atoms with E-state index < -0.39 is 11.3 Å². The average Bonchev–Trinajstić information content (AvgIpc) is 2.73. The quantitative estimate of drug-likeness (QED) is 0.769. The first kappa shape index (κ1) is 20.8. The molecule has 1 aliphatic carbocycles. The van der Waals surface area contributed by atoms with E-state index in [0.29, 0.717) is 34.9 Å². The normalized spacial score (nSPS) is 20.4. The highest BCUT2D eigenvalue weighted by molar-refractivity contribution is 8.03. The fraction of sp³-hybridized carbons (Fsp3) is 0.429. The molecule has 8 heteroatoms. The number of rotatable bonds is 5. The number of benzene rings is 1. The van der Waals surface area contributed by atoms with Crippen molar-refractivity contribution in [2.75, 3.05) is 18.2 Å². The predicted molar refractivity (Wildman–Crippen MR) is 109 cm³/mol. The molecular formula is C21H22N4O3S. The molecule has 1 saturated carbocycles. The number of ether oxygens (including phenoxy) is 1. The zero-order valence-electron chi connectivity index (χ0n) is 16.2. The highest BCUT2D eigenvalue weighted by Gasteiger charge is 2.51. The molecule has 2 amide bonds. The molecule has 2 aliphatic rings. The van der Waals surface area contributed by atoms with Gasteiger partial charge < -0.3 is 15.4 Å². The van der Waals surface area contributed by atoms with E-state index in [9.17, 15) is 20.1 Å². The third-order valence-corrected chi connectivity index (χ3v) is 6.49. The molecule has 2 N–H and O–H groups in total. The minimum Gasteiger partial charge on any atom is -0.497 e. The number of nitrogens with one attached hydrogen (secondary N) is 2. The van der Waals surface area contributed by atoms with Gasteiger partial charge in [-0.15, -0.1) is 0 Å². The first-order valence-electron chi connectivity index (χ1n) is 9.46. The lowest BCUT2D eigenvalue weighted by Crippen LogP contribution is -2.48. The average molecular weight is 410 g/mol. The summed E-state index contributed by atoms with van der Waals surface area (Å²) in [6.07, 6.45) is 4.08. The maximum absolute atomic E-state index is 12.6. The smallest absolute Gasteiger partial charge is 0.243 e.